The molecule has 2 rings (SSSR count). The highest BCUT2D eigenvalue weighted by Gasteiger charge is 2.27. The Morgan fingerprint density at radius 2 is 1.76 bits per heavy atom. The number of anilines is 1. The minimum absolute atomic E-state index is 0.0231. The van der Waals surface area contributed by atoms with Crippen molar-refractivity contribution in [2.75, 3.05) is 17.2 Å². The molecule has 0 atom stereocenters. The summed E-state index contributed by atoms with van der Waals surface area (Å²) >= 11 is 0. The highest BCUT2D eigenvalue weighted by Crippen LogP contribution is 2.22. The van der Waals surface area contributed by atoms with E-state index in [0.29, 0.717) is 18.5 Å². The molecular formula is C13H20N2O4S2. The highest BCUT2D eigenvalue weighted by molar-refractivity contribution is 7.91. The number of sulfone groups is 1. The fourth-order valence-electron chi connectivity index (χ4n) is 2.30. The molecule has 1 aromatic carbocycles. The summed E-state index contributed by atoms with van der Waals surface area (Å²) in [6, 6.07) is 2.67. The third-order valence-electron chi connectivity index (χ3n) is 3.87. The predicted octanol–water partition coefficient (Wildman–Crippen LogP) is 0.741. The van der Waals surface area contributed by atoms with E-state index in [1.165, 1.54) is 6.07 Å². The highest BCUT2D eigenvalue weighted by atomic mass is 32.2. The fourth-order valence-corrected chi connectivity index (χ4v) is 5.22. The molecule has 1 aliphatic rings. The van der Waals surface area contributed by atoms with E-state index in [4.69, 9.17) is 5.73 Å². The molecule has 21 heavy (non-hydrogen) atoms. The van der Waals surface area contributed by atoms with Crippen molar-refractivity contribution in [3.05, 3.63) is 23.3 Å². The molecule has 1 heterocycles. The van der Waals surface area contributed by atoms with E-state index in [0.717, 1.165) is 11.1 Å². The number of hydrogen-bond donors (Lipinski definition) is 2. The van der Waals surface area contributed by atoms with E-state index >= 15 is 0 Å². The van der Waals surface area contributed by atoms with Crippen LogP contribution in [0.1, 0.15) is 24.0 Å². The second-order valence-corrected chi connectivity index (χ2v) is 9.52. The lowest BCUT2D eigenvalue weighted by Crippen LogP contribution is -2.40. The zero-order valence-corrected chi connectivity index (χ0v) is 13.7. The Hall–Kier alpha value is -1.12. The molecule has 1 aliphatic heterocycles. The molecule has 1 aromatic rings. The molecule has 6 nitrogen and oxygen atoms in total. The second-order valence-electron chi connectivity index (χ2n) is 5.50. The molecule has 0 aliphatic carbocycles. The number of aryl methyl sites for hydroxylation is 1. The Kier molecular flexibility index (Phi) is 4.32. The number of benzene rings is 1. The summed E-state index contributed by atoms with van der Waals surface area (Å²) < 4.78 is 50.0. The molecule has 8 heteroatoms. The number of hydrogen-bond acceptors (Lipinski definition) is 5. The van der Waals surface area contributed by atoms with Gasteiger partial charge in [-0.2, -0.15) is 0 Å². The van der Waals surface area contributed by atoms with Crippen molar-refractivity contribution in [2.24, 2.45) is 0 Å². The van der Waals surface area contributed by atoms with E-state index in [1.807, 2.05) is 6.92 Å². The topological polar surface area (TPSA) is 106 Å². The third kappa shape index (κ3) is 3.75. The van der Waals surface area contributed by atoms with Gasteiger partial charge in [0.2, 0.25) is 10.0 Å². The molecule has 0 spiro atoms. The van der Waals surface area contributed by atoms with Crippen LogP contribution in [0.25, 0.3) is 0 Å². The summed E-state index contributed by atoms with van der Waals surface area (Å²) in [5.41, 5.74) is 7.91. The van der Waals surface area contributed by atoms with Gasteiger partial charge >= 0.3 is 0 Å². The average Bonchev–Trinajstić information content (AvgIpc) is 2.38. The zero-order chi connectivity index (χ0) is 15.8. The van der Waals surface area contributed by atoms with Gasteiger partial charge in [-0.15, -0.1) is 0 Å². The monoisotopic (exact) mass is 332 g/mol. The lowest BCUT2D eigenvalue weighted by atomic mass is 10.1. The first-order chi connectivity index (χ1) is 9.61. The van der Waals surface area contributed by atoms with Crippen LogP contribution in [0, 0.1) is 13.8 Å². The van der Waals surface area contributed by atoms with Crippen LogP contribution < -0.4 is 10.5 Å². The lowest BCUT2D eigenvalue weighted by Gasteiger charge is -2.23. The SMILES string of the molecule is Cc1cc(S(=O)(=O)NC2CCS(=O)(=O)CC2)cc(N)c1C. The largest absolute Gasteiger partial charge is 0.398 e. The van der Waals surface area contributed by atoms with E-state index in [1.54, 1.807) is 13.0 Å². The second kappa shape index (κ2) is 5.58. The van der Waals surface area contributed by atoms with Crippen molar-refractivity contribution in [1.29, 1.82) is 0 Å². The maximum absolute atomic E-state index is 12.4. The Labute approximate surface area is 125 Å². The van der Waals surface area contributed by atoms with E-state index in [-0.39, 0.29) is 22.4 Å². The van der Waals surface area contributed by atoms with Gasteiger partial charge in [-0.3, -0.25) is 0 Å². The average molecular weight is 332 g/mol. The number of nitrogens with two attached hydrogens (primary N) is 1. The number of nitrogens with one attached hydrogen (secondary N) is 1. The summed E-state index contributed by atoms with van der Waals surface area (Å²) in [4.78, 5) is 0.122. The van der Waals surface area contributed by atoms with Gasteiger partial charge in [0.05, 0.1) is 16.4 Å². The van der Waals surface area contributed by atoms with Crippen molar-refractivity contribution in [3.8, 4) is 0 Å². The first kappa shape index (κ1) is 16.3. The van der Waals surface area contributed by atoms with Crippen LogP contribution in [0.15, 0.2) is 17.0 Å². The van der Waals surface area contributed by atoms with Crippen molar-refractivity contribution < 1.29 is 16.8 Å². The molecule has 1 fully saturated rings. The molecule has 3 N–H and O–H groups in total. The van der Waals surface area contributed by atoms with Crippen LogP contribution in [0.4, 0.5) is 5.69 Å². The molecule has 118 valence electrons. The Bertz CT molecular complexity index is 717. The number of nitrogen functional groups attached to an aromatic ring is 1. The van der Waals surface area contributed by atoms with Crippen molar-refractivity contribution in [1.82, 2.24) is 4.72 Å². The molecule has 0 unspecified atom stereocenters. The maximum Gasteiger partial charge on any atom is 0.240 e. The smallest absolute Gasteiger partial charge is 0.240 e. The van der Waals surface area contributed by atoms with Gasteiger partial charge in [0, 0.05) is 11.7 Å². The summed E-state index contributed by atoms with van der Waals surface area (Å²) in [5.74, 6) is 0.0461. The standard InChI is InChI=1S/C13H20N2O4S2/c1-9-7-12(8-13(14)10(9)2)21(18,19)15-11-3-5-20(16,17)6-4-11/h7-8,11,15H,3-6,14H2,1-2H3. The maximum atomic E-state index is 12.4. The molecular weight excluding hydrogens is 312 g/mol. The van der Waals surface area contributed by atoms with Crippen LogP contribution >= 0.6 is 0 Å². The summed E-state index contributed by atoms with van der Waals surface area (Å²) in [5, 5.41) is 0. The minimum atomic E-state index is -3.68. The van der Waals surface area contributed by atoms with Crippen LogP contribution in [-0.2, 0) is 19.9 Å². The summed E-state index contributed by atoms with van der Waals surface area (Å²) in [6.45, 7) is 3.64. The normalized spacial score (nSPS) is 19.5. The minimum Gasteiger partial charge on any atom is -0.398 e. The van der Waals surface area contributed by atoms with Gasteiger partial charge in [0.1, 0.15) is 9.84 Å². The van der Waals surface area contributed by atoms with E-state index in [2.05, 4.69) is 4.72 Å². The predicted molar refractivity (Wildman–Crippen MR) is 82.3 cm³/mol. The summed E-state index contributed by atoms with van der Waals surface area (Å²) in [7, 11) is -6.69. The summed E-state index contributed by atoms with van der Waals surface area (Å²) in [6.07, 6.45) is 0.615. The molecule has 0 saturated carbocycles. The number of rotatable bonds is 3. The molecule has 0 aromatic heterocycles. The Morgan fingerprint density at radius 1 is 1.19 bits per heavy atom. The molecule has 0 radical (unpaired) electrons. The van der Waals surface area contributed by atoms with Gasteiger partial charge in [0.25, 0.3) is 0 Å². The first-order valence-corrected chi connectivity index (χ1v) is 10.0. The third-order valence-corrected chi connectivity index (χ3v) is 7.08. The molecule has 0 amide bonds. The van der Waals surface area contributed by atoms with Crippen LogP contribution in [0.2, 0.25) is 0 Å². The first-order valence-electron chi connectivity index (χ1n) is 6.70. The van der Waals surface area contributed by atoms with Crippen LogP contribution in [0.3, 0.4) is 0 Å². The Morgan fingerprint density at radius 3 is 2.29 bits per heavy atom. The van der Waals surface area contributed by atoms with Crippen molar-refractivity contribution in [3.63, 3.8) is 0 Å². The number of sulfonamides is 1. The van der Waals surface area contributed by atoms with Gasteiger partial charge in [0.15, 0.2) is 0 Å². The van der Waals surface area contributed by atoms with Gasteiger partial charge in [-0.25, -0.2) is 21.6 Å². The fraction of sp³-hybridized carbons (Fsp3) is 0.538. The van der Waals surface area contributed by atoms with Crippen molar-refractivity contribution >= 4 is 25.5 Å². The van der Waals surface area contributed by atoms with E-state index < -0.39 is 19.9 Å². The Balaban J connectivity index is 2.20. The van der Waals surface area contributed by atoms with Gasteiger partial charge in [-0.1, -0.05) is 0 Å². The molecule has 1 saturated heterocycles. The quantitative estimate of drug-likeness (QED) is 0.794. The van der Waals surface area contributed by atoms with Gasteiger partial charge < -0.3 is 5.73 Å². The zero-order valence-electron chi connectivity index (χ0n) is 12.1. The van der Waals surface area contributed by atoms with Gasteiger partial charge in [-0.05, 0) is 49.9 Å². The lowest BCUT2D eigenvalue weighted by molar-refractivity contribution is 0.505. The van der Waals surface area contributed by atoms with Crippen LogP contribution in [0.5, 0.6) is 0 Å². The van der Waals surface area contributed by atoms with Crippen LogP contribution in [-0.4, -0.2) is 34.4 Å². The van der Waals surface area contributed by atoms with E-state index in [9.17, 15) is 16.8 Å². The molecule has 0 bridgehead atoms. The van der Waals surface area contributed by atoms with Crippen molar-refractivity contribution in [2.45, 2.75) is 37.6 Å².